The van der Waals surface area contributed by atoms with Gasteiger partial charge in [0.25, 0.3) is 5.91 Å². The number of hydrogen-bond donors (Lipinski definition) is 2. The average molecular weight is 297 g/mol. The number of nitrogens with two attached hydrogens (primary N) is 1. The molecule has 0 aliphatic heterocycles. The van der Waals surface area contributed by atoms with E-state index < -0.39 is 5.91 Å². The van der Waals surface area contributed by atoms with Crippen LogP contribution in [0.1, 0.15) is 0 Å². The lowest BCUT2D eigenvalue weighted by Crippen LogP contribution is -2.20. The highest BCUT2D eigenvalue weighted by molar-refractivity contribution is 5.79. The molecule has 6 nitrogen and oxygen atoms in total. The van der Waals surface area contributed by atoms with E-state index in [1.54, 1.807) is 12.1 Å². The van der Waals surface area contributed by atoms with Gasteiger partial charge in [-0.1, -0.05) is 12.1 Å². The van der Waals surface area contributed by atoms with Crippen molar-refractivity contribution < 1.29 is 14.3 Å². The monoisotopic (exact) mass is 297 g/mol. The number of carbonyl (C=O) groups excluding carboxylic acids is 1. The summed E-state index contributed by atoms with van der Waals surface area (Å²) in [6.07, 6.45) is 0. The van der Waals surface area contributed by atoms with Gasteiger partial charge in [0.1, 0.15) is 5.82 Å². The van der Waals surface area contributed by atoms with Crippen molar-refractivity contribution in [1.82, 2.24) is 9.97 Å². The first-order valence-electron chi connectivity index (χ1n) is 6.71. The Labute approximate surface area is 126 Å². The van der Waals surface area contributed by atoms with Crippen LogP contribution < -0.4 is 15.2 Å². The molecule has 0 spiro atoms. The summed E-state index contributed by atoms with van der Waals surface area (Å²) in [6.45, 7) is -0.194. The lowest BCUT2D eigenvalue weighted by molar-refractivity contribution is -0.119. The van der Waals surface area contributed by atoms with Gasteiger partial charge in [-0.15, -0.1) is 0 Å². The number of hydrogen-bond acceptors (Lipinski definition) is 4. The number of ether oxygens (including phenoxy) is 2. The molecule has 0 aliphatic rings. The predicted octanol–water partition coefficient (Wildman–Crippen LogP) is 2.10. The molecule has 2 aromatic carbocycles. The summed E-state index contributed by atoms with van der Waals surface area (Å²) in [5.41, 5.74) is 7.79. The Kier molecular flexibility index (Phi) is 3.65. The van der Waals surface area contributed by atoms with Crippen LogP contribution in [0.15, 0.2) is 42.5 Å². The van der Waals surface area contributed by atoms with Gasteiger partial charge in [0.2, 0.25) is 0 Å². The fourth-order valence-electron chi connectivity index (χ4n) is 2.17. The van der Waals surface area contributed by atoms with E-state index in [0.717, 1.165) is 22.4 Å². The molecule has 0 atom stereocenters. The Bertz CT molecular complexity index is 793. The molecule has 1 aromatic heterocycles. The molecule has 112 valence electrons. The number of carbonyl (C=O) groups is 1. The van der Waals surface area contributed by atoms with Gasteiger partial charge in [-0.3, -0.25) is 4.79 Å². The van der Waals surface area contributed by atoms with E-state index in [4.69, 9.17) is 15.2 Å². The Morgan fingerprint density at radius 2 is 2.05 bits per heavy atom. The Morgan fingerprint density at radius 3 is 2.77 bits per heavy atom. The highest BCUT2D eigenvalue weighted by atomic mass is 16.5. The maximum absolute atomic E-state index is 10.8. The molecule has 0 bridgehead atoms. The van der Waals surface area contributed by atoms with Crippen molar-refractivity contribution in [1.29, 1.82) is 0 Å². The number of imidazole rings is 1. The number of rotatable bonds is 5. The van der Waals surface area contributed by atoms with Crippen LogP contribution >= 0.6 is 0 Å². The van der Waals surface area contributed by atoms with Crippen LogP contribution in [0.5, 0.6) is 11.5 Å². The molecule has 1 amide bonds. The first kappa shape index (κ1) is 13.9. The van der Waals surface area contributed by atoms with Crippen LogP contribution in [0.4, 0.5) is 0 Å². The zero-order valence-corrected chi connectivity index (χ0v) is 12.0. The van der Waals surface area contributed by atoms with E-state index in [-0.39, 0.29) is 6.61 Å². The maximum atomic E-state index is 10.8. The molecule has 0 saturated carbocycles. The second-order valence-corrected chi connectivity index (χ2v) is 4.72. The Hall–Kier alpha value is -3.02. The van der Waals surface area contributed by atoms with Crippen molar-refractivity contribution >= 4 is 16.9 Å². The van der Waals surface area contributed by atoms with E-state index in [1.165, 1.54) is 7.11 Å². The van der Waals surface area contributed by atoms with Crippen molar-refractivity contribution in [3.63, 3.8) is 0 Å². The summed E-state index contributed by atoms with van der Waals surface area (Å²) in [4.78, 5) is 18.6. The van der Waals surface area contributed by atoms with Gasteiger partial charge in [-0.25, -0.2) is 4.98 Å². The highest BCUT2D eigenvalue weighted by Gasteiger charge is 2.11. The first-order chi connectivity index (χ1) is 10.7. The third-order valence-electron chi connectivity index (χ3n) is 3.20. The van der Waals surface area contributed by atoms with Crippen molar-refractivity contribution in [3.8, 4) is 22.9 Å². The second kappa shape index (κ2) is 5.77. The fraction of sp³-hybridized carbons (Fsp3) is 0.125. The molecule has 0 saturated heterocycles. The number of amides is 1. The average Bonchev–Trinajstić information content (AvgIpc) is 2.96. The second-order valence-electron chi connectivity index (χ2n) is 4.72. The number of aromatic nitrogens is 2. The van der Waals surface area contributed by atoms with Crippen LogP contribution in [0.2, 0.25) is 0 Å². The third-order valence-corrected chi connectivity index (χ3v) is 3.20. The molecular weight excluding hydrogens is 282 g/mol. The smallest absolute Gasteiger partial charge is 0.255 e. The zero-order chi connectivity index (χ0) is 15.5. The van der Waals surface area contributed by atoms with Gasteiger partial charge in [0, 0.05) is 5.56 Å². The maximum Gasteiger partial charge on any atom is 0.255 e. The third kappa shape index (κ3) is 2.71. The van der Waals surface area contributed by atoms with Crippen molar-refractivity contribution in [2.24, 2.45) is 5.73 Å². The molecule has 0 aliphatic carbocycles. The number of nitrogens with zero attached hydrogens (tertiary/aromatic N) is 1. The van der Waals surface area contributed by atoms with Gasteiger partial charge in [0.05, 0.1) is 18.1 Å². The highest BCUT2D eigenvalue weighted by Crippen LogP contribution is 2.32. The molecule has 22 heavy (non-hydrogen) atoms. The predicted molar refractivity (Wildman–Crippen MR) is 82.8 cm³/mol. The summed E-state index contributed by atoms with van der Waals surface area (Å²) in [6, 6.07) is 13.2. The van der Waals surface area contributed by atoms with E-state index in [1.807, 2.05) is 30.3 Å². The number of benzene rings is 2. The summed E-state index contributed by atoms with van der Waals surface area (Å²) >= 11 is 0. The molecule has 1 heterocycles. The number of methoxy groups -OCH3 is 1. The van der Waals surface area contributed by atoms with Gasteiger partial charge in [0.15, 0.2) is 18.1 Å². The number of nitrogens with one attached hydrogen (secondary N) is 1. The van der Waals surface area contributed by atoms with Crippen molar-refractivity contribution in [2.75, 3.05) is 13.7 Å². The van der Waals surface area contributed by atoms with E-state index in [9.17, 15) is 4.79 Å². The molecule has 6 heteroatoms. The first-order valence-corrected chi connectivity index (χ1v) is 6.71. The minimum atomic E-state index is -0.539. The molecule has 3 N–H and O–H groups in total. The minimum Gasteiger partial charge on any atom is -0.493 e. The number of primary amides is 1. The number of aromatic amines is 1. The van der Waals surface area contributed by atoms with E-state index in [2.05, 4.69) is 9.97 Å². The lowest BCUT2D eigenvalue weighted by atomic mass is 10.2. The Balaban J connectivity index is 1.95. The lowest BCUT2D eigenvalue weighted by Gasteiger charge is -2.10. The Morgan fingerprint density at radius 1 is 1.23 bits per heavy atom. The SMILES string of the molecule is COc1cc(-c2nc3ccccc3[nH]2)ccc1OCC(N)=O. The normalized spacial score (nSPS) is 10.6. The topological polar surface area (TPSA) is 90.2 Å². The van der Waals surface area contributed by atoms with Crippen molar-refractivity contribution in [2.45, 2.75) is 0 Å². The van der Waals surface area contributed by atoms with Crippen molar-refractivity contribution in [3.05, 3.63) is 42.5 Å². The van der Waals surface area contributed by atoms with Crippen LogP contribution in [-0.2, 0) is 4.79 Å². The van der Waals surface area contributed by atoms with Crippen LogP contribution in [0.3, 0.4) is 0 Å². The quantitative estimate of drug-likeness (QED) is 0.754. The summed E-state index contributed by atoms with van der Waals surface area (Å²) < 4.78 is 10.6. The number of H-pyrrole nitrogens is 1. The van der Waals surface area contributed by atoms with Gasteiger partial charge in [-0.05, 0) is 30.3 Å². The largest absolute Gasteiger partial charge is 0.493 e. The fourth-order valence-corrected chi connectivity index (χ4v) is 2.17. The van der Waals surface area contributed by atoms with Crippen LogP contribution in [0.25, 0.3) is 22.4 Å². The zero-order valence-electron chi connectivity index (χ0n) is 12.0. The van der Waals surface area contributed by atoms with Crippen LogP contribution in [-0.4, -0.2) is 29.6 Å². The minimum absolute atomic E-state index is 0.194. The van der Waals surface area contributed by atoms with E-state index in [0.29, 0.717) is 11.5 Å². The number of fused-ring (bicyclic) bond motifs is 1. The molecule has 3 rings (SSSR count). The molecular formula is C16H15N3O3. The molecule has 0 radical (unpaired) electrons. The van der Waals surface area contributed by atoms with Gasteiger partial charge >= 0.3 is 0 Å². The van der Waals surface area contributed by atoms with Crippen LogP contribution in [0, 0.1) is 0 Å². The number of para-hydroxylation sites is 2. The molecule has 0 unspecified atom stereocenters. The molecule has 3 aromatic rings. The van der Waals surface area contributed by atoms with E-state index >= 15 is 0 Å². The summed E-state index contributed by atoms with van der Waals surface area (Å²) in [5, 5.41) is 0. The summed E-state index contributed by atoms with van der Waals surface area (Å²) in [7, 11) is 1.54. The van der Waals surface area contributed by atoms with Gasteiger partial charge in [-0.2, -0.15) is 0 Å². The molecule has 0 fully saturated rings. The van der Waals surface area contributed by atoms with Gasteiger partial charge < -0.3 is 20.2 Å². The summed E-state index contributed by atoms with van der Waals surface area (Å²) in [5.74, 6) is 1.17. The standard InChI is InChI=1S/C16H15N3O3/c1-21-14-8-10(6-7-13(14)22-9-15(17)20)16-18-11-4-2-3-5-12(11)19-16/h2-8H,9H2,1H3,(H2,17,20)(H,18,19).